The highest BCUT2D eigenvalue weighted by molar-refractivity contribution is 9.10. The number of nitrogens with one attached hydrogen (secondary N) is 1. The Morgan fingerprint density at radius 1 is 1.39 bits per heavy atom. The second-order valence-corrected chi connectivity index (χ2v) is 7.23. The molecule has 0 unspecified atom stereocenters. The van der Waals surface area contributed by atoms with Crippen LogP contribution in [0.25, 0.3) is 0 Å². The van der Waals surface area contributed by atoms with Gasteiger partial charge in [-0.1, -0.05) is 6.07 Å². The summed E-state index contributed by atoms with van der Waals surface area (Å²) in [7, 11) is 0. The lowest BCUT2D eigenvalue weighted by Gasteiger charge is -2.26. The average Bonchev–Trinajstić information content (AvgIpc) is 2.44. The quantitative estimate of drug-likeness (QED) is 0.697. The predicted octanol–water partition coefficient (Wildman–Crippen LogP) is 3.89. The van der Waals surface area contributed by atoms with Crippen LogP contribution in [0.2, 0.25) is 0 Å². The fraction of sp³-hybridized carbons (Fsp3) is 0.588. The zero-order valence-corrected chi connectivity index (χ0v) is 15.9. The summed E-state index contributed by atoms with van der Waals surface area (Å²) in [5.74, 6) is 0.240. The molecule has 1 amide bonds. The summed E-state index contributed by atoms with van der Waals surface area (Å²) in [5.41, 5.74) is 0.629. The first-order chi connectivity index (χ1) is 10.7. The molecule has 0 aliphatic carbocycles. The van der Waals surface area contributed by atoms with Crippen molar-refractivity contribution in [1.82, 2.24) is 10.2 Å². The predicted molar refractivity (Wildman–Crippen MR) is 95.6 cm³/mol. The summed E-state index contributed by atoms with van der Waals surface area (Å²) in [6, 6.07) is 5.44. The first kappa shape index (κ1) is 19.8. The molecule has 0 aromatic heterocycles. The van der Waals surface area contributed by atoms with E-state index >= 15 is 0 Å². The van der Waals surface area contributed by atoms with E-state index in [4.69, 9.17) is 4.74 Å². The Morgan fingerprint density at radius 2 is 2.09 bits per heavy atom. The van der Waals surface area contributed by atoms with Gasteiger partial charge in [0.15, 0.2) is 0 Å². The van der Waals surface area contributed by atoms with Crippen LogP contribution < -0.4 is 5.32 Å². The number of ether oxygens (including phenoxy) is 1. The van der Waals surface area contributed by atoms with Crippen molar-refractivity contribution < 1.29 is 14.6 Å². The van der Waals surface area contributed by atoms with E-state index in [9.17, 15) is 9.90 Å². The molecule has 0 radical (unpaired) electrons. The number of amides is 1. The third-order valence-electron chi connectivity index (χ3n) is 3.16. The van der Waals surface area contributed by atoms with Crippen LogP contribution in [0.1, 0.15) is 39.7 Å². The highest BCUT2D eigenvalue weighted by Crippen LogP contribution is 2.24. The lowest BCUT2D eigenvalue weighted by atomic mass is 10.2. The summed E-state index contributed by atoms with van der Waals surface area (Å²) >= 11 is 3.30. The van der Waals surface area contributed by atoms with Crippen molar-refractivity contribution in [1.29, 1.82) is 0 Å². The van der Waals surface area contributed by atoms with E-state index in [0.717, 1.165) is 25.1 Å². The lowest BCUT2D eigenvalue weighted by molar-refractivity contribution is 0.0258. The summed E-state index contributed by atoms with van der Waals surface area (Å²) in [4.78, 5) is 13.7. The number of phenols is 1. The van der Waals surface area contributed by atoms with Gasteiger partial charge in [0.25, 0.3) is 0 Å². The van der Waals surface area contributed by atoms with Crippen molar-refractivity contribution in [3.8, 4) is 5.75 Å². The van der Waals surface area contributed by atoms with Gasteiger partial charge < -0.3 is 20.1 Å². The van der Waals surface area contributed by atoms with E-state index < -0.39 is 5.60 Å². The highest BCUT2D eigenvalue weighted by Gasteiger charge is 2.20. The van der Waals surface area contributed by atoms with E-state index in [-0.39, 0.29) is 11.8 Å². The number of benzene rings is 1. The lowest BCUT2D eigenvalue weighted by Crippen LogP contribution is -2.38. The van der Waals surface area contributed by atoms with Crippen LogP contribution in [0.15, 0.2) is 22.7 Å². The number of phenolic OH excluding ortho intramolecular Hbond substituents is 1. The van der Waals surface area contributed by atoms with Gasteiger partial charge in [-0.25, -0.2) is 4.79 Å². The number of carbonyl (C=O) groups is 1. The molecule has 6 heteroatoms. The fourth-order valence-corrected chi connectivity index (χ4v) is 2.42. The van der Waals surface area contributed by atoms with Crippen LogP contribution in [-0.2, 0) is 11.3 Å². The Morgan fingerprint density at radius 3 is 2.65 bits per heavy atom. The molecule has 0 fully saturated rings. The first-order valence-electron chi connectivity index (χ1n) is 7.89. The van der Waals surface area contributed by atoms with Gasteiger partial charge in [0.1, 0.15) is 11.4 Å². The Kier molecular flexibility index (Phi) is 7.85. The minimum atomic E-state index is -0.463. The normalized spacial score (nSPS) is 11.3. The number of hydrogen-bond donors (Lipinski definition) is 2. The second kappa shape index (κ2) is 9.13. The standard InChI is InChI=1S/C17H27BrN2O3/c1-5-20(16(22)23-17(2,3)4)10-6-9-19-12-13-7-8-15(21)14(18)11-13/h7-8,11,19,21H,5-6,9-10,12H2,1-4H3. The Bertz CT molecular complexity index is 515. The van der Waals surface area contributed by atoms with Crippen LogP contribution >= 0.6 is 15.9 Å². The molecule has 1 rings (SSSR count). The molecule has 130 valence electrons. The number of nitrogens with zero attached hydrogens (tertiary/aromatic N) is 1. The van der Waals surface area contributed by atoms with Crippen LogP contribution in [0.5, 0.6) is 5.75 Å². The van der Waals surface area contributed by atoms with Crippen LogP contribution in [0, 0.1) is 0 Å². The molecule has 2 N–H and O–H groups in total. The molecule has 0 bridgehead atoms. The number of aromatic hydroxyl groups is 1. The van der Waals surface area contributed by atoms with Gasteiger partial charge in [-0.3, -0.25) is 0 Å². The zero-order valence-electron chi connectivity index (χ0n) is 14.4. The molecule has 5 nitrogen and oxygen atoms in total. The van der Waals surface area contributed by atoms with Crippen molar-refractivity contribution in [3.05, 3.63) is 28.2 Å². The first-order valence-corrected chi connectivity index (χ1v) is 8.68. The van der Waals surface area contributed by atoms with E-state index in [1.807, 2.05) is 39.8 Å². The van der Waals surface area contributed by atoms with Crippen LogP contribution in [0.3, 0.4) is 0 Å². The summed E-state index contributed by atoms with van der Waals surface area (Å²) < 4.78 is 6.07. The fourth-order valence-electron chi connectivity index (χ4n) is 1.99. The minimum absolute atomic E-state index is 0.240. The summed E-state index contributed by atoms with van der Waals surface area (Å²) in [5, 5.41) is 12.8. The molecule has 23 heavy (non-hydrogen) atoms. The Hall–Kier alpha value is -1.27. The Balaban J connectivity index is 2.29. The topological polar surface area (TPSA) is 61.8 Å². The summed E-state index contributed by atoms with van der Waals surface area (Å²) in [6.45, 7) is 10.4. The molecule has 0 heterocycles. The van der Waals surface area contributed by atoms with Gasteiger partial charge in [-0.15, -0.1) is 0 Å². The molecule has 1 aromatic carbocycles. The molecular formula is C17H27BrN2O3. The van der Waals surface area contributed by atoms with E-state index in [0.29, 0.717) is 17.6 Å². The maximum absolute atomic E-state index is 12.0. The monoisotopic (exact) mass is 386 g/mol. The maximum atomic E-state index is 12.0. The molecule has 0 saturated carbocycles. The van der Waals surface area contributed by atoms with Crippen molar-refractivity contribution >= 4 is 22.0 Å². The number of carbonyl (C=O) groups excluding carboxylic acids is 1. The minimum Gasteiger partial charge on any atom is -0.507 e. The van der Waals surface area contributed by atoms with Crippen molar-refractivity contribution in [2.75, 3.05) is 19.6 Å². The third kappa shape index (κ3) is 7.70. The molecule has 0 saturated heterocycles. The second-order valence-electron chi connectivity index (χ2n) is 6.38. The van der Waals surface area contributed by atoms with Crippen molar-refractivity contribution in [2.24, 2.45) is 0 Å². The van der Waals surface area contributed by atoms with Crippen LogP contribution in [0.4, 0.5) is 4.79 Å². The molecule has 0 atom stereocenters. The maximum Gasteiger partial charge on any atom is 0.410 e. The third-order valence-corrected chi connectivity index (χ3v) is 3.79. The average molecular weight is 387 g/mol. The van der Waals surface area contributed by atoms with Crippen molar-refractivity contribution in [2.45, 2.75) is 46.3 Å². The van der Waals surface area contributed by atoms with Crippen molar-refractivity contribution in [3.63, 3.8) is 0 Å². The SMILES string of the molecule is CCN(CCCNCc1ccc(O)c(Br)c1)C(=O)OC(C)(C)C. The van der Waals surface area contributed by atoms with E-state index in [1.54, 1.807) is 11.0 Å². The zero-order chi connectivity index (χ0) is 17.5. The van der Waals surface area contributed by atoms with E-state index in [2.05, 4.69) is 21.2 Å². The van der Waals surface area contributed by atoms with Crippen LogP contribution in [-0.4, -0.2) is 41.3 Å². The molecular weight excluding hydrogens is 360 g/mol. The Labute approximate surface area is 147 Å². The van der Waals surface area contributed by atoms with Gasteiger partial charge in [0.2, 0.25) is 0 Å². The van der Waals surface area contributed by atoms with Gasteiger partial charge in [0.05, 0.1) is 4.47 Å². The number of halogens is 1. The molecule has 0 aliphatic heterocycles. The summed E-state index contributed by atoms with van der Waals surface area (Å²) in [6.07, 6.45) is 0.592. The molecule has 0 aliphatic rings. The largest absolute Gasteiger partial charge is 0.507 e. The van der Waals surface area contributed by atoms with Gasteiger partial charge >= 0.3 is 6.09 Å². The number of hydrogen-bond acceptors (Lipinski definition) is 4. The highest BCUT2D eigenvalue weighted by atomic mass is 79.9. The smallest absolute Gasteiger partial charge is 0.410 e. The molecule has 0 spiro atoms. The number of rotatable bonds is 7. The van der Waals surface area contributed by atoms with Gasteiger partial charge in [-0.05, 0) is 74.3 Å². The van der Waals surface area contributed by atoms with Gasteiger partial charge in [0, 0.05) is 19.6 Å². The van der Waals surface area contributed by atoms with Gasteiger partial charge in [-0.2, -0.15) is 0 Å². The van der Waals surface area contributed by atoms with E-state index in [1.165, 1.54) is 0 Å². The molecule has 1 aromatic rings.